The molecule has 150 valence electrons. The third-order valence-corrected chi connectivity index (χ3v) is 5.89. The topological polar surface area (TPSA) is 9.23 Å². The molecule has 0 heterocycles. The van der Waals surface area contributed by atoms with Crippen molar-refractivity contribution < 1.29 is 4.74 Å². The Hall–Kier alpha value is -3.32. The summed E-state index contributed by atoms with van der Waals surface area (Å²) in [7, 11) is 1.75. The SMILES string of the molecule is CC.COc1ccc2ccccc2c1-c1cccc(C2C=Cc3ccccc32)c1C. The van der Waals surface area contributed by atoms with Gasteiger partial charge in [-0.15, -0.1) is 0 Å². The Morgan fingerprint density at radius 3 is 2.30 bits per heavy atom. The molecule has 0 aliphatic heterocycles. The predicted molar refractivity (Wildman–Crippen MR) is 129 cm³/mol. The van der Waals surface area contributed by atoms with E-state index in [1.54, 1.807) is 7.11 Å². The van der Waals surface area contributed by atoms with Gasteiger partial charge in [0.05, 0.1) is 7.11 Å². The van der Waals surface area contributed by atoms with Gasteiger partial charge in [-0.25, -0.2) is 0 Å². The van der Waals surface area contributed by atoms with E-state index in [1.165, 1.54) is 44.2 Å². The predicted octanol–water partition coefficient (Wildman–Crippen LogP) is 8.01. The molecular formula is C29H28O. The third-order valence-electron chi connectivity index (χ3n) is 5.89. The molecule has 0 bridgehead atoms. The zero-order valence-electron chi connectivity index (χ0n) is 18.1. The fourth-order valence-electron chi connectivity index (χ4n) is 4.48. The van der Waals surface area contributed by atoms with Crippen LogP contribution in [0.2, 0.25) is 0 Å². The molecule has 1 unspecified atom stereocenters. The fraction of sp³-hybridized carbons (Fsp3) is 0.172. The molecule has 0 aromatic heterocycles. The Kier molecular flexibility index (Phi) is 5.72. The number of benzene rings is 4. The van der Waals surface area contributed by atoms with Gasteiger partial charge >= 0.3 is 0 Å². The monoisotopic (exact) mass is 392 g/mol. The van der Waals surface area contributed by atoms with Gasteiger partial charge in [-0.05, 0) is 51.6 Å². The van der Waals surface area contributed by atoms with Gasteiger partial charge in [-0.3, -0.25) is 0 Å². The van der Waals surface area contributed by atoms with Crippen LogP contribution in [-0.2, 0) is 0 Å². The minimum Gasteiger partial charge on any atom is -0.496 e. The zero-order valence-corrected chi connectivity index (χ0v) is 18.1. The number of fused-ring (bicyclic) bond motifs is 2. The second-order valence-electron chi connectivity index (χ2n) is 7.35. The summed E-state index contributed by atoms with van der Waals surface area (Å²) in [4.78, 5) is 0. The van der Waals surface area contributed by atoms with Crippen molar-refractivity contribution in [2.24, 2.45) is 0 Å². The van der Waals surface area contributed by atoms with E-state index >= 15 is 0 Å². The second kappa shape index (κ2) is 8.59. The van der Waals surface area contributed by atoms with Crippen LogP contribution in [0.5, 0.6) is 5.75 Å². The van der Waals surface area contributed by atoms with Crippen LogP contribution in [-0.4, -0.2) is 7.11 Å². The number of ether oxygens (including phenoxy) is 1. The first kappa shape index (κ1) is 20.0. The highest BCUT2D eigenvalue weighted by molar-refractivity contribution is 6.00. The molecule has 0 spiro atoms. The number of allylic oxidation sites excluding steroid dienone is 1. The van der Waals surface area contributed by atoms with E-state index in [-0.39, 0.29) is 0 Å². The number of hydrogen-bond donors (Lipinski definition) is 0. The fourth-order valence-corrected chi connectivity index (χ4v) is 4.48. The van der Waals surface area contributed by atoms with Crippen LogP contribution in [0.3, 0.4) is 0 Å². The van der Waals surface area contributed by atoms with Crippen molar-refractivity contribution in [3.8, 4) is 16.9 Å². The van der Waals surface area contributed by atoms with E-state index in [9.17, 15) is 0 Å². The maximum absolute atomic E-state index is 5.77. The summed E-state index contributed by atoms with van der Waals surface area (Å²) in [6.07, 6.45) is 4.56. The Morgan fingerprint density at radius 1 is 0.733 bits per heavy atom. The Bertz CT molecular complexity index is 1220. The summed E-state index contributed by atoms with van der Waals surface area (Å²) < 4.78 is 5.77. The molecular weight excluding hydrogens is 364 g/mol. The summed E-state index contributed by atoms with van der Waals surface area (Å²) in [6, 6.07) is 28.1. The molecule has 1 aliphatic carbocycles. The van der Waals surface area contributed by atoms with Gasteiger partial charge in [0.15, 0.2) is 0 Å². The molecule has 5 rings (SSSR count). The van der Waals surface area contributed by atoms with Crippen molar-refractivity contribution in [2.45, 2.75) is 26.7 Å². The van der Waals surface area contributed by atoms with Gasteiger partial charge in [-0.1, -0.05) is 98.8 Å². The molecule has 4 aromatic rings. The Morgan fingerprint density at radius 2 is 1.47 bits per heavy atom. The number of rotatable bonds is 3. The minimum atomic E-state index is 0.303. The second-order valence-corrected chi connectivity index (χ2v) is 7.35. The Balaban J connectivity index is 0.00000106. The highest BCUT2D eigenvalue weighted by Crippen LogP contribution is 2.43. The van der Waals surface area contributed by atoms with Gasteiger partial charge in [0, 0.05) is 11.5 Å². The van der Waals surface area contributed by atoms with Gasteiger partial charge in [0.25, 0.3) is 0 Å². The van der Waals surface area contributed by atoms with Crippen molar-refractivity contribution in [3.63, 3.8) is 0 Å². The standard InChI is InChI=1S/C27H22O.C2H6/c1-18-21(25-16-14-19-8-3-5-10-23(19)25)12-7-13-22(18)27-24-11-6-4-9-20(24)15-17-26(27)28-2;1-2/h3-17,25H,1-2H3;1-2H3. The van der Waals surface area contributed by atoms with Crippen LogP contribution in [0.1, 0.15) is 42.0 Å². The van der Waals surface area contributed by atoms with Crippen molar-refractivity contribution in [2.75, 3.05) is 7.11 Å². The number of methoxy groups -OCH3 is 1. The van der Waals surface area contributed by atoms with Gasteiger partial charge in [0.1, 0.15) is 5.75 Å². The molecule has 0 saturated heterocycles. The van der Waals surface area contributed by atoms with Crippen LogP contribution in [0.15, 0.2) is 84.9 Å². The van der Waals surface area contributed by atoms with E-state index in [2.05, 4.69) is 97.9 Å². The molecule has 1 heteroatoms. The Labute approximate surface area is 179 Å². The van der Waals surface area contributed by atoms with Crippen molar-refractivity contribution in [1.82, 2.24) is 0 Å². The van der Waals surface area contributed by atoms with Crippen molar-refractivity contribution in [3.05, 3.63) is 107 Å². The summed E-state index contributed by atoms with van der Waals surface area (Å²) >= 11 is 0. The lowest BCUT2D eigenvalue weighted by Gasteiger charge is -2.20. The molecule has 1 aliphatic rings. The quantitative estimate of drug-likeness (QED) is 0.343. The first-order valence-corrected chi connectivity index (χ1v) is 10.7. The molecule has 0 N–H and O–H groups in total. The molecule has 4 aromatic carbocycles. The molecule has 0 saturated carbocycles. The van der Waals surface area contributed by atoms with Crippen molar-refractivity contribution >= 4 is 16.8 Å². The van der Waals surface area contributed by atoms with E-state index in [4.69, 9.17) is 4.74 Å². The van der Waals surface area contributed by atoms with E-state index < -0.39 is 0 Å². The largest absolute Gasteiger partial charge is 0.496 e. The highest BCUT2D eigenvalue weighted by Gasteiger charge is 2.22. The summed E-state index contributed by atoms with van der Waals surface area (Å²) in [6.45, 7) is 6.24. The van der Waals surface area contributed by atoms with E-state index in [0.29, 0.717) is 5.92 Å². The van der Waals surface area contributed by atoms with Gasteiger partial charge < -0.3 is 4.74 Å². The third kappa shape index (κ3) is 3.31. The normalized spacial score (nSPS) is 14.2. The maximum Gasteiger partial charge on any atom is 0.127 e. The average Bonchev–Trinajstić information content (AvgIpc) is 3.24. The summed E-state index contributed by atoms with van der Waals surface area (Å²) in [5.74, 6) is 1.22. The van der Waals surface area contributed by atoms with E-state index in [1.807, 2.05) is 13.8 Å². The lowest BCUT2D eigenvalue weighted by Crippen LogP contribution is -2.01. The lowest BCUT2D eigenvalue weighted by molar-refractivity contribution is 0.417. The molecule has 1 nitrogen and oxygen atoms in total. The van der Waals surface area contributed by atoms with E-state index in [0.717, 1.165) is 5.75 Å². The average molecular weight is 393 g/mol. The molecule has 1 atom stereocenters. The van der Waals surface area contributed by atoms with Crippen LogP contribution in [0, 0.1) is 6.92 Å². The van der Waals surface area contributed by atoms with Gasteiger partial charge in [-0.2, -0.15) is 0 Å². The molecule has 0 amide bonds. The van der Waals surface area contributed by atoms with Crippen LogP contribution >= 0.6 is 0 Å². The zero-order chi connectivity index (χ0) is 21.1. The van der Waals surface area contributed by atoms with Crippen molar-refractivity contribution in [1.29, 1.82) is 0 Å². The summed E-state index contributed by atoms with van der Waals surface area (Å²) in [5, 5.41) is 2.46. The highest BCUT2D eigenvalue weighted by atomic mass is 16.5. The first-order valence-electron chi connectivity index (χ1n) is 10.7. The van der Waals surface area contributed by atoms with Crippen LogP contribution in [0.4, 0.5) is 0 Å². The minimum absolute atomic E-state index is 0.303. The van der Waals surface area contributed by atoms with Crippen LogP contribution < -0.4 is 4.74 Å². The number of hydrogen-bond acceptors (Lipinski definition) is 1. The lowest BCUT2D eigenvalue weighted by atomic mass is 9.85. The summed E-state index contributed by atoms with van der Waals surface area (Å²) in [5.41, 5.74) is 7.78. The van der Waals surface area contributed by atoms with Crippen LogP contribution in [0.25, 0.3) is 28.0 Å². The molecule has 30 heavy (non-hydrogen) atoms. The maximum atomic E-state index is 5.77. The van der Waals surface area contributed by atoms with Gasteiger partial charge in [0.2, 0.25) is 0 Å². The molecule has 0 radical (unpaired) electrons. The molecule has 0 fully saturated rings. The smallest absolute Gasteiger partial charge is 0.127 e. The first-order chi connectivity index (χ1) is 14.8.